The summed E-state index contributed by atoms with van der Waals surface area (Å²) < 4.78 is 0. The summed E-state index contributed by atoms with van der Waals surface area (Å²) in [5.41, 5.74) is 4.10. The molecule has 2 N–H and O–H groups in total. The first-order chi connectivity index (χ1) is 11.9. The first kappa shape index (κ1) is 17.6. The van der Waals surface area contributed by atoms with Gasteiger partial charge in [0.05, 0.1) is 6.04 Å². The van der Waals surface area contributed by atoms with Crippen LogP contribution in [-0.2, 0) is 17.8 Å². The van der Waals surface area contributed by atoms with Gasteiger partial charge in [-0.25, -0.2) is 4.79 Å². The molecule has 0 saturated carbocycles. The molecule has 3 amide bonds. The Morgan fingerprint density at radius 1 is 1.24 bits per heavy atom. The van der Waals surface area contributed by atoms with Crippen molar-refractivity contribution in [2.45, 2.75) is 39.8 Å². The molecule has 1 aliphatic rings. The maximum absolute atomic E-state index is 12.4. The third-order valence-electron chi connectivity index (χ3n) is 4.63. The van der Waals surface area contributed by atoms with Gasteiger partial charge in [-0.2, -0.15) is 0 Å². The monoisotopic (exact) mass is 357 g/mol. The lowest BCUT2D eigenvalue weighted by Crippen LogP contribution is -2.49. The molecule has 0 bridgehead atoms. The van der Waals surface area contributed by atoms with Crippen molar-refractivity contribution in [3.05, 3.63) is 51.2 Å². The zero-order valence-electron chi connectivity index (χ0n) is 14.8. The van der Waals surface area contributed by atoms with Crippen molar-refractivity contribution in [3.63, 3.8) is 0 Å². The van der Waals surface area contributed by atoms with Gasteiger partial charge in [-0.3, -0.25) is 15.0 Å². The van der Waals surface area contributed by atoms with Crippen molar-refractivity contribution in [2.75, 3.05) is 11.9 Å². The van der Waals surface area contributed by atoms with Gasteiger partial charge in [0.15, 0.2) is 0 Å². The molecule has 1 aromatic carbocycles. The van der Waals surface area contributed by atoms with Crippen LogP contribution in [0.4, 0.5) is 10.5 Å². The minimum Gasteiger partial charge on any atom is -0.307 e. The van der Waals surface area contributed by atoms with E-state index in [2.05, 4.69) is 27.0 Å². The zero-order chi connectivity index (χ0) is 18.0. The normalized spacial score (nSPS) is 15.3. The number of amides is 3. The number of carbonyl (C=O) groups is 2. The highest BCUT2D eigenvalue weighted by Gasteiger charge is 2.26. The van der Waals surface area contributed by atoms with Gasteiger partial charge in [0, 0.05) is 23.7 Å². The third-order valence-corrected chi connectivity index (χ3v) is 5.65. The van der Waals surface area contributed by atoms with E-state index in [0.717, 1.165) is 30.6 Å². The number of fused-ring (bicyclic) bond motifs is 1. The Kier molecular flexibility index (Phi) is 5.20. The standard InChI is InChI=1S/C19H23N3O2S/c1-12-4-5-16(13(2)10-12)20-19(24)21-18(23)14(3)22-8-6-17-15(11-22)7-9-25-17/h4-5,7,9-10,14H,6,8,11H2,1-3H3,(H2,20,21,23,24). The van der Waals surface area contributed by atoms with Crippen LogP contribution in [-0.4, -0.2) is 29.4 Å². The van der Waals surface area contributed by atoms with E-state index in [-0.39, 0.29) is 11.9 Å². The van der Waals surface area contributed by atoms with Crippen molar-refractivity contribution in [1.29, 1.82) is 0 Å². The second-order valence-corrected chi connectivity index (χ2v) is 7.53. The van der Waals surface area contributed by atoms with Gasteiger partial charge in [-0.1, -0.05) is 17.7 Å². The maximum atomic E-state index is 12.4. The Morgan fingerprint density at radius 2 is 2.04 bits per heavy atom. The Balaban J connectivity index is 1.57. The SMILES string of the molecule is Cc1ccc(NC(=O)NC(=O)C(C)N2CCc3sccc3C2)c(C)c1. The number of hydrogen-bond donors (Lipinski definition) is 2. The van der Waals surface area contributed by atoms with Gasteiger partial charge in [0.25, 0.3) is 0 Å². The largest absolute Gasteiger partial charge is 0.325 e. The quantitative estimate of drug-likeness (QED) is 0.884. The van der Waals surface area contributed by atoms with E-state index >= 15 is 0 Å². The highest BCUT2D eigenvalue weighted by molar-refractivity contribution is 7.10. The molecule has 1 atom stereocenters. The van der Waals surface area contributed by atoms with Crippen LogP contribution >= 0.6 is 11.3 Å². The van der Waals surface area contributed by atoms with Gasteiger partial charge in [-0.15, -0.1) is 11.3 Å². The number of imide groups is 1. The van der Waals surface area contributed by atoms with E-state index in [4.69, 9.17) is 0 Å². The first-order valence-electron chi connectivity index (χ1n) is 8.42. The number of nitrogens with zero attached hydrogens (tertiary/aromatic N) is 1. The molecule has 0 fully saturated rings. The first-order valence-corrected chi connectivity index (χ1v) is 9.30. The molecule has 2 aromatic rings. The molecule has 0 radical (unpaired) electrons. The van der Waals surface area contributed by atoms with Crippen LogP contribution < -0.4 is 10.6 Å². The van der Waals surface area contributed by atoms with Crippen LogP contribution in [0.1, 0.15) is 28.5 Å². The van der Waals surface area contributed by atoms with Gasteiger partial charge < -0.3 is 5.32 Å². The Hall–Kier alpha value is -2.18. The average Bonchev–Trinajstić information content (AvgIpc) is 3.04. The lowest BCUT2D eigenvalue weighted by molar-refractivity contribution is -0.125. The molecular weight excluding hydrogens is 334 g/mol. The summed E-state index contributed by atoms with van der Waals surface area (Å²) in [4.78, 5) is 28.1. The fourth-order valence-corrected chi connectivity index (χ4v) is 3.98. The number of thiophene rings is 1. The lowest BCUT2D eigenvalue weighted by atomic mass is 10.1. The van der Waals surface area contributed by atoms with Crippen molar-refractivity contribution in [3.8, 4) is 0 Å². The molecule has 6 heteroatoms. The minimum atomic E-state index is -0.489. The molecule has 1 aromatic heterocycles. The molecule has 0 aliphatic carbocycles. The molecule has 3 rings (SSSR count). The van der Waals surface area contributed by atoms with Gasteiger partial charge in [-0.05, 0) is 55.8 Å². The highest BCUT2D eigenvalue weighted by atomic mass is 32.1. The number of aryl methyl sites for hydroxylation is 2. The molecular formula is C19H23N3O2S. The smallest absolute Gasteiger partial charge is 0.307 e. The molecule has 5 nitrogen and oxygen atoms in total. The second-order valence-electron chi connectivity index (χ2n) is 6.53. The molecule has 25 heavy (non-hydrogen) atoms. The maximum Gasteiger partial charge on any atom is 0.325 e. The predicted octanol–water partition coefficient (Wildman–Crippen LogP) is 3.46. The molecule has 0 saturated heterocycles. The van der Waals surface area contributed by atoms with Crippen LogP contribution in [0.3, 0.4) is 0 Å². The van der Waals surface area contributed by atoms with Crippen molar-refractivity contribution in [2.24, 2.45) is 0 Å². The Morgan fingerprint density at radius 3 is 2.80 bits per heavy atom. The lowest BCUT2D eigenvalue weighted by Gasteiger charge is -2.31. The number of anilines is 1. The van der Waals surface area contributed by atoms with Crippen LogP contribution in [0.5, 0.6) is 0 Å². The van der Waals surface area contributed by atoms with Gasteiger partial charge in [0.2, 0.25) is 5.91 Å². The van der Waals surface area contributed by atoms with Crippen molar-refractivity contribution in [1.82, 2.24) is 10.2 Å². The number of nitrogens with one attached hydrogen (secondary N) is 2. The highest BCUT2D eigenvalue weighted by Crippen LogP contribution is 2.25. The van der Waals surface area contributed by atoms with Crippen LogP contribution in [0, 0.1) is 13.8 Å². The summed E-state index contributed by atoms with van der Waals surface area (Å²) in [5.74, 6) is -0.277. The van der Waals surface area contributed by atoms with Gasteiger partial charge in [0.1, 0.15) is 0 Å². The fraction of sp³-hybridized carbons (Fsp3) is 0.368. The van der Waals surface area contributed by atoms with E-state index in [1.807, 2.05) is 39.0 Å². The minimum absolute atomic E-state index is 0.277. The van der Waals surface area contributed by atoms with E-state index in [9.17, 15) is 9.59 Å². The Labute approximate surface area is 152 Å². The molecule has 1 aliphatic heterocycles. The van der Waals surface area contributed by atoms with Crippen LogP contribution in [0.2, 0.25) is 0 Å². The summed E-state index contributed by atoms with van der Waals surface area (Å²) in [5, 5.41) is 7.30. The van der Waals surface area contributed by atoms with Gasteiger partial charge >= 0.3 is 6.03 Å². The predicted molar refractivity (Wildman–Crippen MR) is 101 cm³/mol. The molecule has 0 spiro atoms. The Bertz CT molecular complexity index is 800. The molecule has 132 valence electrons. The van der Waals surface area contributed by atoms with Crippen molar-refractivity contribution >= 4 is 29.0 Å². The second kappa shape index (κ2) is 7.37. The van der Waals surface area contributed by atoms with E-state index in [0.29, 0.717) is 5.69 Å². The summed E-state index contributed by atoms with van der Waals surface area (Å²) >= 11 is 1.77. The summed E-state index contributed by atoms with van der Waals surface area (Å²) in [7, 11) is 0. The third kappa shape index (κ3) is 4.08. The van der Waals surface area contributed by atoms with E-state index < -0.39 is 6.03 Å². The molecule has 2 heterocycles. The molecule has 1 unspecified atom stereocenters. The fourth-order valence-electron chi connectivity index (χ4n) is 3.09. The topological polar surface area (TPSA) is 61.4 Å². The number of rotatable bonds is 3. The summed E-state index contributed by atoms with van der Waals surface area (Å²) in [6.07, 6.45) is 0.958. The van der Waals surface area contributed by atoms with Crippen LogP contribution in [0.15, 0.2) is 29.6 Å². The number of urea groups is 1. The number of benzene rings is 1. The average molecular weight is 357 g/mol. The van der Waals surface area contributed by atoms with E-state index in [1.54, 1.807) is 11.3 Å². The number of hydrogen-bond acceptors (Lipinski definition) is 4. The number of carbonyl (C=O) groups excluding carboxylic acids is 2. The van der Waals surface area contributed by atoms with Crippen molar-refractivity contribution < 1.29 is 9.59 Å². The van der Waals surface area contributed by atoms with E-state index in [1.165, 1.54) is 10.4 Å². The van der Waals surface area contributed by atoms with Crippen LogP contribution in [0.25, 0.3) is 0 Å². The summed E-state index contributed by atoms with van der Waals surface area (Å²) in [6, 6.07) is 7.05. The summed E-state index contributed by atoms with van der Waals surface area (Å²) in [6.45, 7) is 7.36. The zero-order valence-corrected chi connectivity index (χ0v) is 15.6.